The molecule has 5 heteroatoms. The van der Waals surface area contributed by atoms with Crippen molar-refractivity contribution in [2.45, 2.75) is 31.5 Å². The number of alkyl halides is 1. The second-order valence-corrected chi connectivity index (χ2v) is 3.83. The molecule has 1 rings (SSSR count). The van der Waals surface area contributed by atoms with Gasteiger partial charge in [0.05, 0.1) is 18.7 Å². The highest BCUT2D eigenvalue weighted by atomic mass is 19.1. The molecule has 1 saturated carbocycles. The van der Waals surface area contributed by atoms with Crippen molar-refractivity contribution in [3.63, 3.8) is 0 Å². The minimum absolute atomic E-state index is 0.0917. The van der Waals surface area contributed by atoms with Crippen LogP contribution in [-0.4, -0.2) is 39.0 Å². The van der Waals surface area contributed by atoms with E-state index in [0.29, 0.717) is 6.42 Å². The molecule has 0 aromatic rings. The van der Waals surface area contributed by atoms with Gasteiger partial charge < -0.3 is 10.1 Å². The highest BCUT2D eigenvalue weighted by Crippen LogP contribution is 2.27. The van der Waals surface area contributed by atoms with Crippen LogP contribution >= 0.6 is 0 Å². The van der Waals surface area contributed by atoms with Crippen molar-refractivity contribution in [1.82, 2.24) is 10.6 Å². The van der Waals surface area contributed by atoms with E-state index in [9.17, 15) is 9.18 Å². The van der Waals surface area contributed by atoms with E-state index in [2.05, 4.69) is 10.6 Å². The van der Waals surface area contributed by atoms with Gasteiger partial charge in [0.15, 0.2) is 0 Å². The van der Waals surface area contributed by atoms with Crippen molar-refractivity contribution < 1.29 is 13.9 Å². The van der Waals surface area contributed by atoms with Gasteiger partial charge in [0.1, 0.15) is 6.17 Å². The van der Waals surface area contributed by atoms with Gasteiger partial charge in [-0.1, -0.05) is 0 Å². The van der Waals surface area contributed by atoms with Gasteiger partial charge in [0.2, 0.25) is 5.91 Å². The maximum absolute atomic E-state index is 13.6. The summed E-state index contributed by atoms with van der Waals surface area (Å²) in [5.74, 6) is -0.375. The van der Waals surface area contributed by atoms with Gasteiger partial charge in [-0.15, -0.1) is 0 Å². The normalized spacial score (nSPS) is 31.3. The summed E-state index contributed by atoms with van der Waals surface area (Å²) in [5.41, 5.74) is 0. The Kier molecular flexibility index (Phi) is 4.98. The molecule has 3 atom stereocenters. The highest BCUT2D eigenvalue weighted by Gasteiger charge is 2.36. The van der Waals surface area contributed by atoms with E-state index in [1.54, 1.807) is 7.05 Å². The molecule has 15 heavy (non-hydrogen) atoms. The Hall–Kier alpha value is -0.680. The molecular weight excluding hydrogens is 199 g/mol. The first-order chi connectivity index (χ1) is 7.20. The van der Waals surface area contributed by atoms with Crippen LogP contribution in [0.5, 0.6) is 0 Å². The summed E-state index contributed by atoms with van der Waals surface area (Å²) in [6.45, 7) is 0.276. The lowest BCUT2D eigenvalue weighted by atomic mass is 9.82. The smallest absolute Gasteiger partial charge is 0.224 e. The standard InChI is InChI=1S/C10H19FN2O2/c1-12-10(14)7-4-3-5-8(11)9(7)13-6-15-2/h7-9,13H,3-6H2,1-2H3,(H,12,14). The molecule has 1 aliphatic carbocycles. The average Bonchev–Trinajstić information content (AvgIpc) is 2.26. The van der Waals surface area contributed by atoms with E-state index < -0.39 is 12.2 Å². The molecule has 1 aliphatic rings. The van der Waals surface area contributed by atoms with Crippen LogP contribution in [0.1, 0.15) is 19.3 Å². The van der Waals surface area contributed by atoms with Crippen molar-refractivity contribution in [3.8, 4) is 0 Å². The summed E-state index contributed by atoms with van der Waals surface area (Å²) in [4.78, 5) is 11.5. The van der Waals surface area contributed by atoms with Gasteiger partial charge >= 0.3 is 0 Å². The van der Waals surface area contributed by atoms with Crippen LogP contribution in [0, 0.1) is 5.92 Å². The number of hydrogen-bond donors (Lipinski definition) is 2. The molecule has 3 unspecified atom stereocenters. The van der Waals surface area contributed by atoms with Gasteiger partial charge in [-0.25, -0.2) is 4.39 Å². The van der Waals surface area contributed by atoms with Crippen molar-refractivity contribution >= 4 is 5.91 Å². The zero-order chi connectivity index (χ0) is 11.3. The Morgan fingerprint density at radius 3 is 2.87 bits per heavy atom. The predicted octanol–water partition coefficient (Wildman–Crippen LogP) is 0.433. The first-order valence-electron chi connectivity index (χ1n) is 5.28. The Balaban J connectivity index is 2.59. The van der Waals surface area contributed by atoms with E-state index in [-0.39, 0.29) is 18.6 Å². The van der Waals surface area contributed by atoms with Gasteiger partial charge in [0.25, 0.3) is 0 Å². The van der Waals surface area contributed by atoms with Gasteiger partial charge in [0, 0.05) is 14.2 Å². The topological polar surface area (TPSA) is 50.4 Å². The number of amides is 1. The number of ether oxygens (including phenoxy) is 1. The Morgan fingerprint density at radius 2 is 2.27 bits per heavy atom. The van der Waals surface area contributed by atoms with Gasteiger partial charge in [-0.05, 0) is 19.3 Å². The minimum atomic E-state index is -0.962. The van der Waals surface area contributed by atoms with E-state index in [1.807, 2.05) is 0 Å². The van der Waals surface area contributed by atoms with E-state index in [4.69, 9.17) is 4.74 Å². The lowest BCUT2D eigenvalue weighted by Gasteiger charge is -2.33. The third-order valence-corrected chi connectivity index (χ3v) is 2.86. The van der Waals surface area contributed by atoms with Crippen LogP contribution in [0.15, 0.2) is 0 Å². The SMILES string of the molecule is CNC(=O)C1CCCC(F)C1NCOC. The number of carbonyl (C=O) groups excluding carboxylic acids is 1. The second-order valence-electron chi connectivity index (χ2n) is 3.83. The van der Waals surface area contributed by atoms with Crippen molar-refractivity contribution in [3.05, 3.63) is 0 Å². The molecule has 0 heterocycles. The van der Waals surface area contributed by atoms with Crippen LogP contribution in [0.3, 0.4) is 0 Å². The maximum atomic E-state index is 13.6. The second kappa shape index (κ2) is 6.02. The lowest BCUT2D eigenvalue weighted by Crippen LogP contribution is -2.51. The maximum Gasteiger partial charge on any atom is 0.224 e. The molecular formula is C10H19FN2O2. The number of rotatable bonds is 4. The quantitative estimate of drug-likeness (QED) is 0.673. The molecule has 1 amide bonds. The number of nitrogens with one attached hydrogen (secondary N) is 2. The zero-order valence-corrected chi connectivity index (χ0v) is 9.25. The lowest BCUT2D eigenvalue weighted by molar-refractivity contribution is -0.127. The number of carbonyl (C=O) groups is 1. The Labute approximate surface area is 89.6 Å². The molecule has 2 N–H and O–H groups in total. The zero-order valence-electron chi connectivity index (χ0n) is 9.25. The first kappa shape index (κ1) is 12.4. The molecule has 0 aliphatic heterocycles. The summed E-state index contributed by atoms with van der Waals surface area (Å²) < 4.78 is 18.5. The fourth-order valence-electron chi connectivity index (χ4n) is 2.07. The monoisotopic (exact) mass is 218 g/mol. The minimum Gasteiger partial charge on any atom is -0.370 e. The Bertz CT molecular complexity index is 214. The summed E-state index contributed by atoms with van der Waals surface area (Å²) in [6, 6.07) is -0.418. The van der Waals surface area contributed by atoms with Crippen molar-refractivity contribution in [2.24, 2.45) is 5.92 Å². The molecule has 0 aromatic heterocycles. The number of hydrogen-bond acceptors (Lipinski definition) is 3. The third-order valence-electron chi connectivity index (χ3n) is 2.86. The molecule has 4 nitrogen and oxygen atoms in total. The molecule has 0 saturated heterocycles. The van der Waals surface area contributed by atoms with Crippen LogP contribution in [0.4, 0.5) is 4.39 Å². The van der Waals surface area contributed by atoms with Gasteiger partial charge in [-0.2, -0.15) is 0 Å². The summed E-state index contributed by atoms with van der Waals surface area (Å²) in [6.07, 6.45) is 1.07. The van der Waals surface area contributed by atoms with E-state index in [1.165, 1.54) is 7.11 Å². The molecule has 0 aromatic carbocycles. The molecule has 0 bridgehead atoms. The Morgan fingerprint density at radius 1 is 1.53 bits per heavy atom. The fraction of sp³-hybridized carbons (Fsp3) is 0.900. The third kappa shape index (κ3) is 3.14. The number of halogens is 1. The summed E-state index contributed by atoms with van der Waals surface area (Å²) in [5, 5.41) is 5.50. The largest absolute Gasteiger partial charge is 0.370 e. The van der Waals surface area contributed by atoms with E-state index in [0.717, 1.165) is 12.8 Å². The number of methoxy groups -OCH3 is 1. The molecule has 1 fully saturated rings. The fourth-order valence-corrected chi connectivity index (χ4v) is 2.07. The summed E-state index contributed by atoms with van der Waals surface area (Å²) >= 11 is 0. The van der Waals surface area contributed by atoms with Crippen LogP contribution in [-0.2, 0) is 9.53 Å². The highest BCUT2D eigenvalue weighted by molar-refractivity contribution is 5.79. The van der Waals surface area contributed by atoms with Gasteiger partial charge in [-0.3, -0.25) is 10.1 Å². The van der Waals surface area contributed by atoms with Crippen LogP contribution in [0.25, 0.3) is 0 Å². The molecule has 0 spiro atoms. The van der Waals surface area contributed by atoms with Crippen LogP contribution in [0.2, 0.25) is 0 Å². The predicted molar refractivity (Wildman–Crippen MR) is 55.1 cm³/mol. The molecule has 0 radical (unpaired) electrons. The van der Waals surface area contributed by atoms with Crippen LogP contribution < -0.4 is 10.6 Å². The summed E-state index contributed by atoms with van der Waals surface area (Å²) in [7, 11) is 3.12. The molecule has 88 valence electrons. The first-order valence-corrected chi connectivity index (χ1v) is 5.28. The average molecular weight is 218 g/mol. The van der Waals surface area contributed by atoms with Crippen molar-refractivity contribution in [1.29, 1.82) is 0 Å². The van der Waals surface area contributed by atoms with Crippen molar-refractivity contribution in [2.75, 3.05) is 20.9 Å². The van der Waals surface area contributed by atoms with E-state index >= 15 is 0 Å².